The van der Waals surface area contributed by atoms with Gasteiger partial charge in [0, 0.05) is 12.2 Å². The third-order valence-corrected chi connectivity index (χ3v) is 2.46. The van der Waals surface area contributed by atoms with E-state index in [9.17, 15) is 0 Å². The number of hydrogen-bond acceptors (Lipinski definition) is 4. The van der Waals surface area contributed by atoms with Crippen molar-refractivity contribution in [2.45, 2.75) is 18.9 Å². The van der Waals surface area contributed by atoms with E-state index in [-0.39, 0.29) is 0 Å². The van der Waals surface area contributed by atoms with Gasteiger partial charge in [0.1, 0.15) is 6.07 Å². The van der Waals surface area contributed by atoms with Gasteiger partial charge in [0.25, 0.3) is 0 Å². The standard InChI is InChI=1S/C11H12N4/c12-7-8-5-6-14-11(10(8)13)15-9-3-1-2-4-9/h1-2,5-6,9H,3-4,13H2,(H,14,15). The van der Waals surface area contributed by atoms with Gasteiger partial charge in [0.15, 0.2) is 5.82 Å². The topological polar surface area (TPSA) is 74.7 Å². The molecule has 0 radical (unpaired) electrons. The molecule has 1 aromatic rings. The van der Waals surface area contributed by atoms with Crippen molar-refractivity contribution in [1.82, 2.24) is 4.98 Å². The van der Waals surface area contributed by atoms with E-state index in [0.717, 1.165) is 12.8 Å². The number of nitriles is 1. The number of nitrogen functional groups attached to an aromatic ring is 1. The summed E-state index contributed by atoms with van der Waals surface area (Å²) in [6.07, 6.45) is 7.82. The van der Waals surface area contributed by atoms with Gasteiger partial charge in [-0.25, -0.2) is 4.98 Å². The fourth-order valence-electron chi connectivity index (χ4n) is 1.61. The zero-order valence-corrected chi connectivity index (χ0v) is 8.27. The summed E-state index contributed by atoms with van der Waals surface area (Å²) < 4.78 is 0. The second-order valence-electron chi connectivity index (χ2n) is 3.52. The molecule has 0 aliphatic heterocycles. The Labute approximate surface area is 88.4 Å². The Bertz CT molecular complexity index is 423. The van der Waals surface area contributed by atoms with E-state index in [1.54, 1.807) is 12.3 Å². The molecular weight excluding hydrogens is 188 g/mol. The van der Waals surface area contributed by atoms with Gasteiger partial charge in [-0.3, -0.25) is 0 Å². The van der Waals surface area contributed by atoms with Crippen molar-refractivity contribution in [2.24, 2.45) is 0 Å². The minimum Gasteiger partial charge on any atom is -0.395 e. The molecule has 15 heavy (non-hydrogen) atoms. The molecule has 2 rings (SSSR count). The molecule has 0 atom stereocenters. The van der Waals surface area contributed by atoms with Crippen LogP contribution >= 0.6 is 0 Å². The van der Waals surface area contributed by atoms with Crippen LogP contribution in [0.25, 0.3) is 0 Å². The maximum absolute atomic E-state index is 8.81. The van der Waals surface area contributed by atoms with E-state index in [0.29, 0.717) is 23.1 Å². The van der Waals surface area contributed by atoms with Crippen molar-refractivity contribution in [2.75, 3.05) is 11.1 Å². The number of anilines is 2. The summed E-state index contributed by atoms with van der Waals surface area (Å²) in [5.41, 5.74) is 6.71. The quantitative estimate of drug-likeness (QED) is 0.712. The molecule has 1 aromatic heterocycles. The van der Waals surface area contributed by atoms with Crippen molar-refractivity contribution in [1.29, 1.82) is 5.26 Å². The molecule has 0 saturated heterocycles. The minimum absolute atomic E-state index is 0.355. The van der Waals surface area contributed by atoms with Crippen LogP contribution in [0.4, 0.5) is 11.5 Å². The van der Waals surface area contributed by atoms with Gasteiger partial charge in [-0.05, 0) is 18.9 Å². The van der Waals surface area contributed by atoms with Crippen molar-refractivity contribution >= 4 is 11.5 Å². The zero-order chi connectivity index (χ0) is 10.7. The van der Waals surface area contributed by atoms with Gasteiger partial charge in [-0.2, -0.15) is 5.26 Å². The lowest BCUT2D eigenvalue weighted by atomic mass is 10.2. The summed E-state index contributed by atoms with van der Waals surface area (Å²) in [5.74, 6) is 0.614. The predicted octanol–water partition coefficient (Wildman–Crippen LogP) is 1.67. The van der Waals surface area contributed by atoms with Crippen molar-refractivity contribution in [3.8, 4) is 6.07 Å². The van der Waals surface area contributed by atoms with Gasteiger partial charge >= 0.3 is 0 Å². The van der Waals surface area contributed by atoms with Gasteiger partial charge in [-0.15, -0.1) is 0 Å². The fraction of sp³-hybridized carbons (Fsp3) is 0.273. The highest BCUT2D eigenvalue weighted by atomic mass is 15.0. The van der Waals surface area contributed by atoms with Gasteiger partial charge < -0.3 is 11.1 Å². The average Bonchev–Trinajstić information content (AvgIpc) is 2.74. The smallest absolute Gasteiger partial charge is 0.150 e. The van der Waals surface area contributed by atoms with E-state index in [1.165, 1.54) is 0 Å². The first-order valence-electron chi connectivity index (χ1n) is 4.87. The van der Waals surface area contributed by atoms with Crippen molar-refractivity contribution in [3.05, 3.63) is 30.0 Å². The van der Waals surface area contributed by atoms with Gasteiger partial charge in [0.2, 0.25) is 0 Å². The number of hydrogen-bond donors (Lipinski definition) is 2. The first kappa shape index (κ1) is 9.53. The van der Waals surface area contributed by atoms with Crippen LogP contribution in [-0.4, -0.2) is 11.0 Å². The number of rotatable bonds is 2. The van der Waals surface area contributed by atoms with E-state index < -0.39 is 0 Å². The second-order valence-corrected chi connectivity index (χ2v) is 3.52. The second kappa shape index (κ2) is 4.01. The zero-order valence-electron chi connectivity index (χ0n) is 8.27. The molecule has 0 bridgehead atoms. The summed E-state index contributed by atoms with van der Waals surface area (Å²) in [6.45, 7) is 0. The Hall–Kier alpha value is -2.02. The first-order chi connectivity index (χ1) is 7.31. The maximum Gasteiger partial charge on any atom is 0.150 e. The highest BCUT2D eigenvalue weighted by Gasteiger charge is 2.13. The molecular formula is C11H12N4. The van der Waals surface area contributed by atoms with Crippen LogP contribution in [0.1, 0.15) is 18.4 Å². The summed E-state index contributed by atoms with van der Waals surface area (Å²) in [6, 6.07) is 4.01. The van der Waals surface area contributed by atoms with Gasteiger partial charge in [0.05, 0.1) is 11.3 Å². The summed E-state index contributed by atoms with van der Waals surface area (Å²) >= 11 is 0. The van der Waals surface area contributed by atoms with Crippen LogP contribution in [0.3, 0.4) is 0 Å². The van der Waals surface area contributed by atoms with Crippen molar-refractivity contribution < 1.29 is 0 Å². The Morgan fingerprint density at radius 1 is 1.47 bits per heavy atom. The third-order valence-electron chi connectivity index (χ3n) is 2.46. The first-order valence-corrected chi connectivity index (χ1v) is 4.87. The van der Waals surface area contributed by atoms with Crippen LogP contribution in [-0.2, 0) is 0 Å². The molecule has 0 unspecified atom stereocenters. The molecule has 3 N–H and O–H groups in total. The van der Waals surface area contributed by atoms with Crippen LogP contribution in [0, 0.1) is 11.3 Å². The number of nitrogens with two attached hydrogens (primary N) is 1. The highest BCUT2D eigenvalue weighted by molar-refractivity contribution is 5.69. The molecule has 1 heterocycles. The van der Waals surface area contributed by atoms with E-state index in [4.69, 9.17) is 11.0 Å². The summed E-state index contributed by atoms with van der Waals surface area (Å²) in [4.78, 5) is 4.14. The largest absolute Gasteiger partial charge is 0.395 e. The monoisotopic (exact) mass is 200 g/mol. The molecule has 0 spiro atoms. The van der Waals surface area contributed by atoms with E-state index in [2.05, 4.69) is 22.5 Å². The van der Waals surface area contributed by atoms with Crippen LogP contribution in [0.2, 0.25) is 0 Å². The predicted molar refractivity (Wildman–Crippen MR) is 59.1 cm³/mol. The number of aromatic nitrogens is 1. The molecule has 0 saturated carbocycles. The van der Waals surface area contributed by atoms with Crippen LogP contribution in [0.5, 0.6) is 0 Å². The normalized spacial score (nSPS) is 15.1. The van der Waals surface area contributed by atoms with E-state index >= 15 is 0 Å². The molecule has 0 fully saturated rings. The SMILES string of the molecule is N#Cc1ccnc(NC2CC=CC2)c1N. The fourth-order valence-corrected chi connectivity index (χ4v) is 1.61. The minimum atomic E-state index is 0.355. The number of nitrogens with zero attached hydrogens (tertiary/aromatic N) is 2. The highest BCUT2D eigenvalue weighted by Crippen LogP contribution is 2.22. The van der Waals surface area contributed by atoms with Crippen molar-refractivity contribution in [3.63, 3.8) is 0 Å². The summed E-state index contributed by atoms with van der Waals surface area (Å²) in [5, 5.41) is 12.0. The maximum atomic E-state index is 8.81. The molecule has 4 nitrogen and oxygen atoms in total. The Morgan fingerprint density at radius 3 is 2.87 bits per heavy atom. The lowest BCUT2D eigenvalue weighted by Crippen LogP contribution is -2.17. The Morgan fingerprint density at radius 2 is 2.20 bits per heavy atom. The van der Waals surface area contributed by atoms with Crippen LogP contribution in [0.15, 0.2) is 24.4 Å². The Kier molecular flexibility index (Phi) is 2.55. The Balaban J connectivity index is 2.18. The molecule has 1 aliphatic rings. The average molecular weight is 200 g/mol. The number of pyridine rings is 1. The van der Waals surface area contributed by atoms with Crippen LogP contribution < -0.4 is 11.1 Å². The molecule has 0 amide bonds. The molecule has 76 valence electrons. The summed E-state index contributed by atoms with van der Waals surface area (Å²) in [7, 11) is 0. The third kappa shape index (κ3) is 1.91. The lowest BCUT2D eigenvalue weighted by molar-refractivity contribution is 0.781. The van der Waals surface area contributed by atoms with Gasteiger partial charge in [-0.1, -0.05) is 12.2 Å². The lowest BCUT2D eigenvalue weighted by Gasteiger charge is -2.14. The van der Waals surface area contributed by atoms with E-state index in [1.807, 2.05) is 6.07 Å². The molecule has 1 aliphatic carbocycles. The molecule has 4 heteroatoms. The molecule has 0 aromatic carbocycles. The number of nitrogens with one attached hydrogen (secondary N) is 1.